The fraction of sp³-hybridized carbons (Fsp3) is 0.917. The van der Waals surface area contributed by atoms with E-state index in [1.807, 2.05) is 0 Å². The lowest BCUT2D eigenvalue weighted by atomic mass is 9.94. The summed E-state index contributed by atoms with van der Waals surface area (Å²) >= 11 is 0. The first-order valence-electron chi connectivity index (χ1n) is 6.23. The van der Waals surface area contributed by atoms with Gasteiger partial charge >= 0.3 is 5.97 Å². The Balaban J connectivity index is 1.61. The number of aliphatic carboxylic acids is 1. The molecule has 2 bridgehead atoms. The molecule has 0 saturated heterocycles. The molecular formula is C12H19NO2. The van der Waals surface area contributed by atoms with Crippen LogP contribution in [0.25, 0.3) is 0 Å². The Labute approximate surface area is 90.2 Å². The molecule has 3 fully saturated rings. The van der Waals surface area contributed by atoms with E-state index in [9.17, 15) is 4.79 Å². The Morgan fingerprint density at radius 3 is 2.47 bits per heavy atom. The summed E-state index contributed by atoms with van der Waals surface area (Å²) in [5, 5.41) is 12.6. The molecule has 0 aliphatic heterocycles. The molecule has 3 heteroatoms. The normalized spacial score (nSPS) is 40.7. The molecule has 0 aromatic carbocycles. The third-order valence-corrected chi connectivity index (χ3v) is 4.49. The van der Waals surface area contributed by atoms with Crippen molar-refractivity contribution >= 4 is 5.97 Å². The minimum atomic E-state index is -0.639. The molecule has 3 nitrogen and oxygen atoms in total. The van der Waals surface area contributed by atoms with Crippen molar-refractivity contribution < 1.29 is 9.90 Å². The summed E-state index contributed by atoms with van der Waals surface area (Å²) in [4.78, 5) is 11.1. The second-order valence-corrected chi connectivity index (χ2v) is 5.60. The van der Waals surface area contributed by atoms with Crippen LogP contribution in [0.5, 0.6) is 0 Å². The molecule has 0 radical (unpaired) electrons. The molecule has 0 spiro atoms. The van der Waals surface area contributed by atoms with Gasteiger partial charge in [-0.05, 0) is 49.9 Å². The Kier molecular flexibility index (Phi) is 2.23. The molecule has 0 heterocycles. The Morgan fingerprint density at radius 2 is 2.00 bits per heavy atom. The van der Waals surface area contributed by atoms with E-state index in [2.05, 4.69) is 5.32 Å². The SMILES string of the molecule is O=C(O)C(NC1CC2CCC1C2)C1CC1. The quantitative estimate of drug-likeness (QED) is 0.740. The Hall–Kier alpha value is -0.570. The van der Waals surface area contributed by atoms with E-state index in [-0.39, 0.29) is 6.04 Å². The molecule has 0 aromatic rings. The van der Waals surface area contributed by atoms with Gasteiger partial charge in [-0.1, -0.05) is 6.42 Å². The molecule has 0 aromatic heterocycles. The van der Waals surface area contributed by atoms with Gasteiger partial charge in [-0.25, -0.2) is 0 Å². The van der Waals surface area contributed by atoms with Crippen LogP contribution >= 0.6 is 0 Å². The highest BCUT2D eigenvalue weighted by Gasteiger charge is 2.44. The molecular weight excluding hydrogens is 190 g/mol. The third kappa shape index (κ3) is 1.78. The second-order valence-electron chi connectivity index (χ2n) is 5.60. The number of rotatable bonds is 4. The fourth-order valence-corrected chi connectivity index (χ4v) is 3.52. The number of fused-ring (bicyclic) bond motifs is 2. The summed E-state index contributed by atoms with van der Waals surface area (Å²) in [5.41, 5.74) is 0. The maximum absolute atomic E-state index is 11.1. The first kappa shape index (κ1) is 9.64. The number of hydrogen-bond acceptors (Lipinski definition) is 2. The predicted octanol–water partition coefficient (Wildman–Crippen LogP) is 1.63. The summed E-state index contributed by atoms with van der Waals surface area (Å²) in [5.74, 6) is 1.44. The van der Waals surface area contributed by atoms with Gasteiger partial charge in [-0.15, -0.1) is 0 Å². The first-order chi connectivity index (χ1) is 7.24. The van der Waals surface area contributed by atoms with E-state index in [1.165, 1.54) is 25.7 Å². The van der Waals surface area contributed by atoms with Gasteiger partial charge in [0.25, 0.3) is 0 Å². The lowest BCUT2D eigenvalue weighted by molar-refractivity contribution is -0.140. The highest BCUT2D eigenvalue weighted by molar-refractivity contribution is 5.74. The molecule has 4 unspecified atom stereocenters. The van der Waals surface area contributed by atoms with Crippen molar-refractivity contribution in [2.24, 2.45) is 17.8 Å². The Bertz CT molecular complexity index is 275. The number of carboxylic acids is 1. The summed E-state index contributed by atoms with van der Waals surface area (Å²) in [6.45, 7) is 0. The molecule has 3 saturated carbocycles. The van der Waals surface area contributed by atoms with E-state index in [4.69, 9.17) is 5.11 Å². The second kappa shape index (κ2) is 3.48. The fourth-order valence-electron chi connectivity index (χ4n) is 3.52. The maximum atomic E-state index is 11.1. The van der Waals surface area contributed by atoms with Crippen LogP contribution < -0.4 is 5.32 Å². The van der Waals surface area contributed by atoms with Crippen molar-refractivity contribution in [3.8, 4) is 0 Å². The molecule has 3 aliphatic rings. The maximum Gasteiger partial charge on any atom is 0.320 e. The van der Waals surface area contributed by atoms with Crippen LogP contribution in [-0.4, -0.2) is 23.2 Å². The smallest absolute Gasteiger partial charge is 0.320 e. The molecule has 15 heavy (non-hydrogen) atoms. The van der Waals surface area contributed by atoms with Crippen LogP contribution in [0.4, 0.5) is 0 Å². The van der Waals surface area contributed by atoms with Gasteiger partial charge in [0, 0.05) is 6.04 Å². The van der Waals surface area contributed by atoms with E-state index in [0.717, 1.165) is 24.7 Å². The van der Waals surface area contributed by atoms with Gasteiger partial charge in [-0.2, -0.15) is 0 Å². The zero-order valence-corrected chi connectivity index (χ0v) is 8.98. The predicted molar refractivity (Wildman–Crippen MR) is 56.5 cm³/mol. The summed E-state index contributed by atoms with van der Waals surface area (Å²) < 4.78 is 0. The number of carboxylic acid groups (broad SMARTS) is 1. The summed E-state index contributed by atoms with van der Waals surface area (Å²) in [6, 6.07) is 0.250. The van der Waals surface area contributed by atoms with Crippen molar-refractivity contribution in [3.05, 3.63) is 0 Å². The van der Waals surface area contributed by atoms with Crippen LogP contribution in [0.1, 0.15) is 38.5 Å². The van der Waals surface area contributed by atoms with Crippen molar-refractivity contribution in [2.45, 2.75) is 50.6 Å². The number of hydrogen-bond donors (Lipinski definition) is 2. The molecule has 3 rings (SSSR count). The zero-order chi connectivity index (χ0) is 10.4. The molecule has 4 atom stereocenters. The van der Waals surface area contributed by atoms with Crippen molar-refractivity contribution in [1.29, 1.82) is 0 Å². The summed E-state index contributed by atoms with van der Waals surface area (Å²) in [6.07, 6.45) is 7.47. The van der Waals surface area contributed by atoms with Gasteiger partial charge in [-0.3, -0.25) is 4.79 Å². The molecule has 3 aliphatic carbocycles. The minimum absolute atomic E-state index is 0.255. The van der Waals surface area contributed by atoms with Crippen molar-refractivity contribution in [1.82, 2.24) is 5.32 Å². The van der Waals surface area contributed by atoms with Crippen LogP contribution in [0.15, 0.2) is 0 Å². The van der Waals surface area contributed by atoms with Crippen LogP contribution in [0.2, 0.25) is 0 Å². The van der Waals surface area contributed by atoms with Crippen molar-refractivity contribution in [2.75, 3.05) is 0 Å². The van der Waals surface area contributed by atoms with E-state index in [0.29, 0.717) is 12.0 Å². The van der Waals surface area contributed by atoms with Crippen molar-refractivity contribution in [3.63, 3.8) is 0 Å². The summed E-state index contributed by atoms with van der Waals surface area (Å²) in [7, 11) is 0. The van der Waals surface area contributed by atoms with Gasteiger partial charge in [0.1, 0.15) is 6.04 Å². The van der Waals surface area contributed by atoms with Crippen LogP contribution in [0.3, 0.4) is 0 Å². The Morgan fingerprint density at radius 1 is 1.20 bits per heavy atom. The van der Waals surface area contributed by atoms with Gasteiger partial charge in [0.05, 0.1) is 0 Å². The lowest BCUT2D eigenvalue weighted by Crippen LogP contribution is -2.46. The average Bonchev–Trinajstić information content (AvgIpc) is 2.83. The number of nitrogens with one attached hydrogen (secondary N) is 1. The lowest BCUT2D eigenvalue weighted by Gasteiger charge is -2.26. The molecule has 2 N–H and O–H groups in total. The van der Waals surface area contributed by atoms with E-state index in [1.54, 1.807) is 0 Å². The largest absolute Gasteiger partial charge is 0.480 e. The van der Waals surface area contributed by atoms with E-state index >= 15 is 0 Å². The van der Waals surface area contributed by atoms with Gasteiger partial charge in [0.2, 0.25) is 0 Å². The molecule has 84 valence electrons. The topological polar surface area (TPSA) is 49.3 Å². The standard InChI is InChI=1S/C12H19NO2/c14-12(15)11(8-3-4-8)13-10-6-7-1-2-9(10)5-7/h7-11,13H,1-6H2,(H,14,15). The highest BCUT2D eigenvalue weighted by atomic mass is 16.4. The van der Waals surface area contributed by atoms with Crippen LogP contribution in [0, 0.1) is 17.8 Å². The van der Waals surface area contributed by atoms with Crippen LogP contribution in [-0.2, 0) is 4.79 Å². The third-order valence-electron chi connectivity index (χ3n) is 4.49. The highest BCUT2D eigenvalue weighted by Crippen LogP contribution is 2.45. The number of carbonyl (C=O) groups is 1. The van der Waals surface area contributed by atoms with Gasteiger partial charge < -0.3 is 10.4 Å². The minimum Gasteiger partial charge on any atom is -0.480 e. The average molecular weight is 209 g/mol. The van der Waals surface area contributed by atoms with Gasteiger partial charge in [0.15, 0.2) is 0 Å². The first-order valence-corrected chi connectivity index (χ1v) is 6.23. The molecule has 0 amide bonds. The van der Waals surface area contributed by atoms with E-state index < -0.39 is 5.97 Å². The monoisotopic (exact) mass is 209 g/mol. The zero-order valence-electron chi connectivity index (χ0n) is 8.98.